The average molecular weight is 295 g/mol. The number of benzene rings is 2. The van der Waals surface area contributed by atoms with Gasteiger partial charge in [-0.05, 0) is 30.7 Å². The highest BCUT2D eigenvalue weighted by Crippen LogP contribution is 2.28. The monoisotopic (exact) mass is 294 g/mol. The maximum atomic E-state index is 14.1. The molecule has 20 heavy (non-hydrogen) atoms. The third kappa shape index (κ3) is 3.10. The summed E-state index contributed by atoms with van der Waals surface area (Å²) < 4.78 is 19.4. The molecule has 0 aromatic heterocycles. The number of nitrogens with one attached hydrogen (secondary N) is 1. The summed E-state index contributed by atoms with van der Waals surface area (Å²) in [5, 5.41) is 0.0775. The maximum absolute atomic E-state index is 14.1. The van der Waals surface area contributed by atoms with Gasteiger partial charge in [0.1, 0.15) is 11.6 Å². The van der Waals surface area contributed by atoms with E-state index >= 15 is 0 Å². The molecule has 2 aromatic rings. The van der Waals surface area contributed by atoms with E-state index in [1.165, 1.54) is 6.07 Å². The molecule has 3 nitrogen and oxygen atoms in total. The predicted octanol–water partition coefficient (Wildman–Crippen LogP) is 3.43. The normalized spacial score (nSPS) is 12.2. The summed E-state index contributed by atoms with van der Waals surface area (Å²) in [6, 6.07) is 11.7. The quantitative estimate of drug-likeness (QED) is 0.656. The second-order valence-electron chi connectivity index (χ2n) is 4.24. The molecule has 2 rings (SSSR count). The SMILES string of the molecule is CCOc1ccc(C(NN)c2cccc(Cl)c2F)cc1. The molecular weight excluding hydrogens is 279 g/mol. The summed E-state index contributed by atoms with van der Waals surface area (Å²) in [5.41, 5.74) is 3.85. The van der Waals surface area contributed by atoms with E-state index in [4.69, 9.17) is 22.2 Å². The van der Waals surface area contributed by atoms with Crippen molar-refractivity contribution in [2.45, 2.75) is 13.0 Å². The summed E-state index contributed by atoms with van der Waals surface area (Å²) in [6.45, 7) is 2.51. The van der Waals surface area contributed by atoms with E-state index in [1.807, 2.05) is 31.2 Å². The zero-order valence-electron chi connectivity index (χ0n) is 11.1. The first-order valence-corrected chi connectivity index (χ1v) is 6.68. The molecule has 0 saturated carbocycles. The van der Waals surface area contributed by atoms with Crippen LogP contribution >= 0.6 is 11.6 Å². The number of nitrogens with two attached hydrogens (primary N) is 1. The lowest BCUT2D eigenvalue weighted by molar-refractivity contribution is 0.340. The highest BCUT2D eigenvalue weighted by molar-refractivity contribution is 6.30. The van der Waals surface area contributed by atoms with Gasteiger partial charge in [-0.1, -0.05) is 35.9 Å². The first kappa shape index (κ1) is 14.8. The van der Waals surface area contributed by atoms with Gasteiger partial charge in [-0.15, -0.1) is 0 Å². The van der Waals surface area contributed by atoms with Gasteiger partial charge in [0.05, 0.1) is 17.7 Å². The number of hydrazine groups is 1. The summed E-state index contributed by atoms with van der Waals surface area (Å²) in [4.78, 5) is 0. The predicted molar refractivity (Wildman–Crippen MR) is 78.2 cm³/mol. The largest absolute Gasteiger partial charge is 0.494 e. The van der Waals surface area contributed by atoms with Crippen LogP contribution in [0.1, 0.15) is 24.1 Å². The molecule has 0 aliphatic rings. The smallest absolute Gasteiger partial charge is 0.146 e. The minimum Gasteiger partial charge on any atom is -0.494 e. The molecule has 0 spiro atoms. The molecule has 0 amide bonds. The number of hydrogen-bond donors (Lipinski definition) is 2. The van der Waals surface area contributed by atoms with Crippen LogP contribution in [0.5, 0.6) is 5.75 Å². The fourth-order valence-corrected chi connectivity index (χ4v) is 2.21. The molecule has 5 heteroatoms. The molecule has 1 atom stereocenters. The van der Waals surface area contributed by atoms with Crippen LogP contribution in [0.25, 0.3) is 0 Å². The Hall–Kier alpha value is -1.62. The van der Waals surface area contributed by atoms with Gasteiger partial charge in [-0.3, -0.25) is 5.84 Å². The van der Waals surface area contributed by atoms with E-state index in [0.717, 1.165) is 11.3 Å². The van der Waals surface area contributed by atoms with E-state index in [-0.39, 0.29) is 5.02 Å². The number of rotatable bonds is 5. The third-order valence-electron chi connectivity index (χ3n) is 2.98. The lowest BCUT2D eigenvalue weighted by atomic mass is 9.99. The third-order valence-corrected chi connectivity index (χ3v) is 3.28. The van der Waals surface area contributed by atoms with E-state index in [2.05, 4.69) is 5.43 Å². The molecule has 0 saturated heterocycles. The molecule has 0 bridgehead atoms. The van der Waals surface area contributed by atoms with Gasteiger partial charge in [-0.2, -0.15) is 0 Å². The number of ether oxygens (including phenoxy) is 1. The molecule has 0 fully saturated rings. The van der Waals surface area contributed by atoms with Gasteiger partial charge in [0.25, 0.3) is 0 Å². The van der Waals surface area contributed by atoms with Crippen LogP contribution in [0.3, 0.4) is 0 Å². The van der Waals surface area contributed by atoms with Crippen molar-refractivity contribution >= 4 is 11.6 Å². The summed E-state index contributed by atoms with van der Waals surface area (Å²) in [6.07, 6.45) is 0. The van der Waals surface area contributed by atoms with Crippen LogP contribution in [-0.2, 0) is 0 Å². The Bertz CT molecular complexity index is 575. The molecule has 3 N–H and O–H groups in total. The maximum Gasteiger partial charge on any atom is 0.146 e. The van der Waals surface area contributed by atoms with Gasteiger partial charge in [0.2, 0.25) is 0 Å². The van der Waals surface area contributed by atoms with Crippen LogP contribution in [-0.4, -0.2) is 6.61 Å². The lowest BCUT2D eigenvalue weighted by Crippen LogP contribution is -2.29. The second kappa shape index (κ2) is 6.70. The van der Waals surface area contributed by atoms with Crippen molar-refractivity contribution in [3.05, 3.63) is 64.4 Å². The Kier molecular flexibility index (Phi) is 4.95. The highest BCUT2D eigenvalue weighted by Gasteiger charge is 2.18. The lowest BCUT2D eigenvalue weighted by Gasteiger charge is -2.18. The Balaban J connectivity index is 2.34. The van der Waals surface area contributed by atoms with Gasteiger partial charge in [-0.25, -0.2) is 9.82 Å². The number of halogens is 2. The molecule has 0 aliphatic carbocycles. The van der Waals surface area contributed by atoms with Crippen LogP contribution < -0.4 is 16.0 Å². The Morgan fingerprint density at radius 2 is 1.95 bits per heavy atom. The fourth-order valence-electron chi connectivity index (χ4n) is 2.03. The molecular formula is C15H16ClFN2O. The van der Waals surface area contributed by atoms with E-state index in [0.29, 0.717) is 12.2 Å². The van der Waals surface area contributed by atoms with E-state index in [9.17, 15) is 4.39 Å². The molecule has 0 heterocycles. The topological polar surface area (TPSA) is 47.3 Å². The molecule has 0 aliphatic heterocycles. The average Bonchev–Trinajstić information content (AvgIpc) is 2.46. The zero-order valence-corrected chi connectivity index (χ0v) is 11.8. The Labute approximate surface area is 122 Å². The number of hydrogen-bond acceptors (Lipinski definition) is 3. The van der Waals surface area contributed by atoms with Gasteiger partial charge in [0.15, 0.2) is 0 Å². The minimum absolute atomic E-state index is 0.0775. The summed E-state index contributed by atoms with van der Waals surface area (Å²) in [7, 11) is 0. The van der Waals surface area contributed by atoms with Gasteiger partial charge < -0.3 is 4.74 Å². The van der Waals surface area contributed by atoms with Gasteiger partial charge in [0, 0.05) is 5.56 Å². The summed E-state index contributed by atoms with van der Waals surface area (Å²) >= 11 is 5.81. The van der Waals surface area contributed by atoms with Crippen LogP contribution in [0, 0.1) is 5.82 Å². The highest BCUT2D eigenvalue weighted by atomic mass is 35.5. The second-order valence-corrected chi connectivity index (χ2v) is 4.65. The van der Waals surface area contributed by atoms with E-state index in [1.54, 1.807) is 12.1 Å². The van der Waals surface area contributed by atoms with Crippen molar-refractivity contribution < 1.29 is 9.13 Å². The first-order valence-electron chi connectivity index (χ1n) is 6.30. The van der Waals surface area contributed by atoms with Crippen molar-refractivity contribution in [3.8, 4) is 5.75 Å². The van der Waals surface area contributed by atoms with Gasteiger partial charge >= 0.3 is 0 Å². The first-order chi connectivity index (χ1) is 9.67. The molecule has 106 valence electrons. The molecule has 1 unspecified atom stereocenters. The minimum atomic E-state index is -0.468. The molecule has 0 radical (unpaired) electrons. The fraction of sp³-hybridized carbons (Fsp3) is 0.200. The van der Waals surface area contributed by atoms with Crippen molar-refractivity contribution in [1.29, 1.82) is 0 Å². The van der Waals surface area contributed by atoms with Crippen molar-refractivity contribution in [2.75, 3.05) is 6.61 Å². The van der Waals surface area contributed by atoms with Crippen LogP contribution in [0.15, 0.2) is 42.5 Å². The van der Waals surface area contributed by atoms with Crippen molar-refractivity contribution in [1.82, 2.24) is 5.43 Å². The van der Waals surface area contributed by atoms with Crippen LogP contribution in [0.2, 0.25) is 5.02 Å². The van der Waals surface area contributed by atoms with Crippen molar-refractivity contribution in [3.63, 3.8) is 0 Å². The van der Waals surface area contributed by atoms with Crippen LogP contribution in [0.4, 0.5) is 4.39 Å². The van der Waals surface area contributed by atoms with Crippen molar-refractivity contribution in [2.24, 2.45) is 5.84 Å². The zero-order chi connectivity index (χ0) is 14.5. The Morgan fingerprint density at radius 1 is 1.25 bits per heavy atom. The standard InChI is InChI=1S/C15H16ClFN2O/c1-2-20-11-8-6-10(7-9-11)15(19-18)12-4-3-5-13(16)14(12)17/h3-9,15,19H,2,18H2,1H3. The summed E-state index contributed by atoms with van der Waals surface area (Å²) in [5.74, 6) is 5.86. The van der Waals surface area contributed by atoms with E-state index < -0.39 is 11.9 Å². The Morgan fingerprint density at radius 3 is 2.55 bits per heavy atom. The molecule has 2 aromatic carbocycles.